The molecule has 0 radical (unpaired) electrons. The molecule has 7 heteroatoms. The SMILES string of the molecule is CCC(C)NC(=O)c1nn(-c2ccc(OC)cc2)c(OC)cc1=O. The fraction of sp³-hybridized carbons (Fsp3) is 0.353. The van der Waals surface area contributed by atoms with Gasteiger partial charge in [-0.15, -0.1) is 0 Å². The molecule has 0 aliphatic carbocycles. The first-order chi connectivity index (χ1) is 11.5. The third kappa shape index (κ3) is 3.73. The maximum Gasteiger partial charge on any atom is 0.276 e. The van der Waals surface area contributed by atoms with E-state index < -0.39 is 11.3 Å². The Balaban J connectivity index is 2.48. The average molecular weight is 331 g/mol. The number of rotatable bonds is 6. The van der Waals surface area contributed by atoms with Gasteiger partial charge in [-0.1, -0.05) is 6.92 Å². The van der Waals surface area contributed by atoms with Crippen molar-refractivity contribution in [2.75, 3.05) is 14.2 Å². The Kier molecular flexibility index (Phi) is 5.57. The molecule has 0 saturated heterocycles. The Morgan fingerprint density at radius 1 is 1.25 bits per heavy atom. The van der Waals surface area contributed by atoms with Crippen LogP contribution in [0.3, 0.4) is 0 Å². The first kappa shape index (κ1) is 17.5. The summed E-state index contributed by atoms with van der Waals surface area (Å²) in [4.78, 5) is 24.4. The van der Waals surface area contributed by atoms with Crippen LogP contribution in [-0.4, -0.2) is 35.9 Å². The molecule has 24 heavy (non-hydrogen) atoms. The van der Waals surface area contributed by atoms with Crippen LogP contribution in [0.15, 0.2) is 35.1 Å². The molecule has 0 aliphatic rings. The lowest BCUT2D eigenvalue weighted by molar-refractivity contribution is 0.0931. The zero-order valence-corrected chi connectivity index (χ0v) is 14.2. The van der Waals surface area contributed by atoms with E-state index in [1.807, 2.05) is 13.8 Å². The number of nitrogens with one attached hydrogen (secondary N) is 1. The van der Waals surface area contributed by atoms with Gasteiger partial charge in [0.05, 0.1) is 26.0 Å². The Bertz CT molecular complexity index is 768. The van der Waals surface area contributed by atoms with E-state index in [2.05, 4.69) is 10.4 Å². The molecular weight excluding hydrogens is 310 g/mol. The maximum atomic E-state index is 12.3. The highest BCUT2D eigenvalue weighted by Crippen LogP contribution is 2.18. The van der Waals surface area contributed by atoms with Gasteiger partial charge < -0.3 is 14.8 Å². The summed E-state index contributed by atoms with van der Waals surface area (Å²) in [6, 6.07) is 8.24. The standard InChI is InChI=1S/C17H21N3O4/c1-5-11(2)18-17(22)16-14(21)10-15(24-4)20(19-16)12-6-8-13(23-3)9-7-12/h6-11H,5H2,1-4H3,(H,18,22). The van der Waals surface area contributed by atoms with Crippen molar-refractivity contribution in [2.24, 2.45) is 0 Å². The molecule has 1 heterocycles. The van der Waals surface area contributed by atoms with Crippen LogP contribution in [0.1, 0.15) is 30.8 Å². The molecule has 1 atom stereocenters. The second kappa shape index (κ2) is 7.63. The van der Waals surface area contributed by atoms with Gasteiger partial charge in [0, 0.05) is 6.04 Å². The minimum atomic E-state index is -0.501. The molecule has 0 aliphatic heterocycles. The summed E-state index contributed by atoms with van der Waals surface area (Å²) in [6.45, 7) is 3.81. The smallest absolute Gasteiger partial charge is 0.276 e. The topological polar surface area (TPSA) is 82.5 Å². The summed E-state index contributed by atoms with van der Waals surface area (Å²) in [7, 11) is 3.01. The van der Waals surface area contributed by atoms with Gasteiger partial charge in [0.2, 0.25) is 11.3 Å². The number of carbonyl (C=O) groups is 1. The van der Waals surface area contributed by atoms with Gasteiger partial charge >= 0.3 is 0 Å². The van der Waals surface area contributed by atoms with Crippen molar-refractivity contribution >= 4 is 5.91 Å². The predicted octanol–water partition coefficient (Wildman–Crippen LogP) is 1.78. The third-order valence-corrected chi connectivity index (χ3v) is 3.63. The van der Waals surface area contributed by atoms with Gasteiger partial charge in [-0.05, 0) is 37.6 Å². The van der Waals surface area contributed by atoms with Crippen molar-refractivity contribution in [3.05, 3.63) is 46.2 Å². The highest BCUT2D eigenvalue weighted by molar-refractivity contribution is 5.92. The average Bonchev–Trinajstić information content (AvgIpc) is 2.61. The van der Waals surface area contributed by atoms with E-state index in [-0.39, 0.29) is 17.6 Å². The molecule has 128 valence electrons. The largest absolute Gasteiger partial charge is 0.497 e. The van der Waals surface area contributed by atoms with Crippen LogP contribution in [0.2, 0.25) is 0 Å². The van der Waals surface area contributed by atoms with E-state index in [1.54, 1.807) is 31.4 Å². The van der Waals surface area contributed by atoms with Crippen LogP contribution in [0.4, 0.5) is 0 Å². The van der Waals surface area contributed by atoms with Crippen LogP contribution in [0.25, 0.3) is 5.69 Å². The van der Waals surface area contributed by atoms with Crippen LogP contribution >= 0.6 is 0 Å². The first-order valence-corrected chi connectivity index (χ1v) is 7.63. The van der Waals surface area contributed by atoms with Crippen LogP contribution in [-0.2, 0) is 0 Å². The minimum Gasteiger partial charge on any atom is -0.497 e. The lowest BCUT2D eigenvalue weighted by Crippen LogP contribution is -2.36. The van der Waals surface area contributed by atoms with Crippen molar-refractivity contribution in [1.29, 1.82) is 0 Å². The molecule has 1 aromatic heterocycles. The normalized spacial score (nSPS) is 11.7. The van der Waals surface area contributed by atoms with Gasteiger partial charge in [-0.2, -0.15) is 5.10 Å². The fourth-order valence-corrected chi connectivity index (χ4v) is 2.05. The van der Waals surface area contributed by atoms with Crippen molar-refractivity contribution in [3.8, 4) is 17.3 Å². The van der Waals surface area contributed by atoms with Gasteiger partial charge in [0.25, 0.3) is 5.91 Å². The van der Waals surface area contributed by atoms with E-state index in [9.17, 15) is 9.59 Å². The number of amides is 1. The van der Waals surface area contributed by atoms with E-state index in [0.29, 0.717) is 11.4 Å². The summed E-state index contributed by atoms with van der Waals surface area (Å²) in [6.07, 6.45) is 0.758. The van der Waals surface area contributed by atoms with E-state index in [1.165, 1.54) is 17.9 Å². The molecule has 7 nitrogen and oxygen atoms in total. The van der Waals surface area contributed by atoms with E-state index in [4.69, 9.17) is 9.47 Å². The van der Waals surface area contributed by atoms with E-state index in [0.717, 1.165) is 6.42 Å². The van der Waals surface area contributed by atoms with Crippen LogP contribution in [0.5, 0.6) is 11.6 Å². The van der Waals surface area contributed by atoms with Gasteiger partial charge in [0.15, 0.2) is 5.69 Å². The number of aromatic nitrogens is 2. The third-order valence-electron chi connectivity index (χ3n) is 3.63. The number of ether oxygens (including phenoxy) is 2. The monoisotopic (exact) mass is 331 g/mol. The Morgan fingerprint density at radius 3 is 2.46 bits per heavy atom. The summed E-state index contributed by atoms with van der Waals surface area (Å²) in [5.41, 5.74) is -0.0189. The maximum absolute atomic E-state index is 12.3. The molecular formula is C17H21N3O4. The van der Waals surface area contributed by atoms with Crippen molar-refractivity contribution in [1.82, 2.24) is 15.1 Å². The molecule has 0 saturated carbocycles. The second-order valence-electron chi connectivity index (χ2n) is 5.29. The molecule has 2 aromatic rings. The van der Waals surface area contributed by atoms with Crippen molar-refractivity contribution in [2.45, 2.75) is 26.3 Å². The predicted molar refractivity (Wildman–Crippen MR) is 90.2 cm³/mol. The van der Waals surface area contributed by atoms with E-state index >= 15 is 0 Å². The zero-order chi connectivity index (χ0) is 17.7. The van der Waals surface area contributed by atoms with Crippen molar-refractivity contribution in [3.63, 3.8) is 0 Å². The lowest BCUT2D eigenvalue weighted by Gasteiger charge is -2.14. The molecule has 2 rings (SSSR count). The molecule has 1 aromatic carbocycles. The summed E-state index contributed by atoms with van der Waals surface area (Å²) in [5, 5.41) is 6.93. The number of hydrogen-bond acceptors (Lipinski definition) is 5. The van der Waals surface area contributed by atoms with Gasteiger partial charge in [-0.3, -0.25) is 9.59 Å². The number of nitrogens with zero attached hydrogens (tertiary/aromatic N) is 2. The molecule has 1 unspecified atom stereocenters. The molecule has 1 amide bonds. The first-order valence-electron chi connectivity index (χ1n) is 7.63. The highest BCUT2D eigenvalue weighted by Gasteiger charge is 2.18. The van der Waals surface area contributed by atoms with Gasteiger partial charge in [-0.25, -0.2) is 4.68 Å². The Morgan fingerprint density at radius 2 is 1.92 bits per heavy atom. The zero-order valence-electron chi connectivity index (χ0n) is 14.2. The Hall–Kier alpha value is -2.83. The van der Waals surface area contributed by atoms with Gasteiger partial charge in [0.1, 0.15) is 5.75 Å². The summed E-state index contributed by atoms with van der Waals surface area (Å²) >= 11 is 0. The highest BCUT2D eigenvalue weighted by atomic mass is 16.5. The van der Waals surface area contributed by atoms with Crippen molar-refractivity contribution < 1.29 is 14.3 Å². The van der Waals surface area contributed by atoms with Crippen LogP contribution in [0, 0.1) is 0 Å². The minimum absolute atomic E-state index is 0.0461. The molecule has 1 N–H and O–H groups in total. The second-order valence-corrected chi connectivity index (χ2v) is 5.29. The Labute approximate surface area is 140 Å². The molecule has 0 bridgehead atoms. The summed E-state index contributed by atoms with van der Waals surface area (Å²) < 4.78 is 11.7. The van der Waals surface area contributed by atoms with Crippen LogP contribution < -0.4 is 20.2 Å². The summed E-state index contributed by atoms with van der Waals surface area (Å²) in [5.74, 6) is 0.429. The lowest BCUT2D eigenvalue weighted by atomic mass is 10.2. The number of methoxy groups -OCH3 is 2. The molecule has 0 fully saturated rings. The molecule has 0 spiro atoms. The number of hydrogen-bond donors (Lipinski definition) is 1. The number of benzene rings is 1. The fourth-order valence-electron chi connectivity index (χ4n) is 2.05. The number of carbonyl (C=O) groups excluding carboxylic acids is 1. The quantitative estimate of drug-likeness (QED) is 0.872.